The number of piperidine rings is 1. The fraction of sp³-hybridized carbons (Fsp3) is 0.458. The molecule has 6 heteroatoms. The zero-order valence-electron chi connectivity index (χ0n) is 17.8. The van der Waals surface area contributed by atoms with Gasteiger partial charge in [-0.2, -0.15) is 0 Å². The Hall–Kier alpha value is -2.60. The van der Waals surface area contributed by atoms with Gasteiger partial charge in [-0.25, -0.2) is 4.39 Å². The molecule has 1 aliphatic rings. The van der Waals surface area contributed by atoms with E-state index in [9.17, 15) is 9.18 Å². The first-order chi connectivity index (χ1) is 14.6. The number of ether oxygens (including phenoxy) is 2. The first-order valence-electron chi connectivity index (χ1n) is 10.5. The number of nitrogens with one attached hydrogen (secondary N) is 1. The van der Waals surface area contributed by atoms with E-state index in [2.05, 4.69) is 10.2 Å². The molecule has 0 bridgehead atoms. The van der Waals surface area contributed by atoms with Crippen LogP contribution in [-0.2, 0) is 17.9 Å². The number of nitrogens with zero attached hydrogens (tertiary/aromatic N) is 1. The number of hydrogen-bond donors (Lipinski definition) is 1. The van der Waals surface area contributed by atoms with Crippen molar-refractivity contribution >= 4 is 5.91 Å². The molecule has 30 heavy (non-hydrogen) atoms. The topological polar surface area (TPSA) is 50.8 Å². The minimum Gasteiger partial charge on any atom is -0.497 e. The lowest BCUT2D eigenvalue weighted by molar-refractivity contribution is -0.121. The van der Waals surface area contributed by atoms with E-state index in [1.54, 1.807) is 19.2 Å². The molecule has 0 radical (unpaired) electrons. The zero-order chi connectivity index (χ0) is 21.3. The van der Waals surface area contributed by atoms with Crippen LogP contribution in [0.5, 0.6) is 11.5 Å². The summed E-state index contributed by atoms with van der Waals surface area (Å²) in [6.07, 6.45) is 3.56. The summed E-state index contributed by atoms with van der Waals surface area (Å²) in [5.74, 6) is 1.62. The molecule has 0 saturated carbocycles. The van der Waals surface area contributed by atoms with E-state index in [1.165, 1.54) is 13.2 Å². The van der Waals surface area contributed by atoms with Gasteiger partial charge in [-0.1, -0.05) is 18.2 Å². The van der Waals surface area contributed by atoms with Gasteiger partial charge in [-0.05, 0) is 55.5 Å². The Morgan fingerprint density at radius 1 is 1.17 bits per heavy atom. The molecule has 0 aromatic heterocycles. The lowest BCUT2D eigenvalue weighted by Gasteiger charge is -2.32. The second-order valence-corrected chi connectivity index (χ2v) is 7.87. The highest BCUT2D eigenvalue weighted by molar-refractivity contribution is 5.75. The summed E-state index contributed by atoms with van der Waals surface area (Å²) >= 11 is 0. The standard InChI is InChI=1S/C24H31FN2O3/c1-29-21-7-3-5-19(13-21)15-26-24(28)11-8-18-6-4-12-27(16-18)17-20-9-10-22(30-2)14-23(20)25/h3,5,7,9-10,13-14,18H,4,6,8,11-12,15-17H2,1-2H3,(H,26,28)/t18-/m0/s1. The van der Waals surface area contributed by atoms with Gasteiger partial charge >= 0.3 is 0 Å². The average molecular weight is 415 g/mol. The minimum absolute atomic E-state index is 0.0659. The maximum Gasteiger partial charge on any atom is 0.220 e. The molecule has 1 fully saturated rings. The second kappa shape index (κ2) is 11.0. The van der Waals surface area contributed by atoms with Crippen molar-refractivity contribution in [3.63, 3.8) is 0 Å². The van der Waals surface area contributed by atoms with Gasteiger partial charge in [-0.3, -0.25) is 9.69 Å². The van der Waals surface area contributed by atoms with Crippen LogP contribution in [0.15, 0.2) is 42.5 Å². The number of methoxy groups -OCH3 is 2. The number of carbonyl (C=O) groups excluding carboxylic acids is 1. The molecule has 2 aromatic rings. The predicted molar refractivity (Wildman–Crippen MR) is 115 cm³/mol. The monoisotopic (exact) mass is 414 g/mol. The van der Waals surface area contributed by atoms with Gasteiger partial charge in [0.15, 0.2) is 0 Å². The first kappa shape index (κ1) is 22.1. The van der Waals surface area contributed by atoms with Crippen LogP contribution in [0.2, 0.25) is 0 Å². The van der Waals surface area contributed by atoms with Gasteiger partial charge in [0, 0.05) is 37.7 Å². The third-order valence-corrected chi connectivity index (χ3v) is 5.66. The van der Waals surface area contributed by atoms with E-state index >= 15 is 0 Å². The summed E-state index contributed by atoms with van der Waals surface area (Å²) < 4.78 is 24.5. The van der Waals surface area contributed by atoms with Crippen molar-refractivity contribution in [2.75, 3.05) is 27.3 Å². The van der Waals surface area contributed by atoms with Gasteiger partial charge in [0.2, 0.25) is 5.91 Å². The quantitative estimate of drug-likeness (QED) is 0.670. The van der Waals surface area contributed by atoms with E-state index in [0.29, 0.717) is 36.7 Å². The number of halogens is 1. The molecule has 2 aromatic carbocycles. The molecule has 1 aliphatic heterocycles. The predicted octanol–water partition coefficient (Wildman–Crippen LogP) is 4.15. The number of benzene rings is 2. The molecule has 1 heterocycles. The van der Waals surface area contributed by atoms with Crippen LogP contribution in [0, 0.1) is 11.7 Å². The Balaban J connectivity index is 1.42. The van der Waals surface area contributed by atoms with Gasteiger partial charge in [0.1, 0.15) is 17.3 Å². The van der Waals surface area contributed by atoms with Crippen molar-refractivity contribution in [2.45, 2.75) is 38.8 Å². The van der Waals surface area contributed by atoms with Crippen LogP contribution in [-0.4, -0.2) is 38.1 Å². The lowest BCUT2D eigenvalue weighted by Crippen LogP contribution is -2.35. The number of hydrogen-bond acceptors (Lipinski definition) is 4. The van der Waals surface area contributed by atoms with Crippen LogP contribution < -0.4 is 14.8 Å². The molecule has 3 rings (SSSR count). The van der Waals surface area contributed by atoms with Gasteiger partial charge < -0.3 is 14.8 Å². The van der Waals surface area contributed by atoms with Gasteiger partial charge in [-0.15, -0.1) is 0 Å². The van der Waals surface area contributed by atoms with Crippen molar-refractivity contribution in [1.82, 2.24) is 10.2 Å². The SMILES string of the molecule is COc1cccc(CNC(=O)CC[C@@H]2CCCN(Cc3ccc(OC)cc3F)C2)c1. The molecule has 1 atom stereocenters. The number of rotatable bonds is 9. The summed E-state index contributed by atoms with van der Waals surface area (Å²) in [6, 6.07) is 12.7. The van der Waals surface area contributed by atoms with Crippen LogP contribution >= 0.6 is 0 Å². The van der Waals surface area contributed by atoms with Crippen LogP contribution in [0.25, 0.3) is 0 Å². The summed E-state index contributed by atoms with van der Waals surface area (Å²) in [5.41, 5.74) is 1.71. The number of likely N-dealkylation sites (tertiary alicyclic amines) is 1. The van der Waals surface area contributed by atoms with E-state index < -0.39 is 0 Å². The van der Waals surface area contributed by atoms with Crippen LogP contribution in [0.4, 0.5) is 4.39 Å². The third-order valence-electron chi connectivity index (χ3n) is 5.66. The van der Waals surface area contributed by atoms with Crippen molar-refractivity contribution in [1.29, 1.82) is 0 Å². The molecule has 1 amide bonds. The molecule has 0 aliphatic carbocycles. The van der Waals surface area contributed by atoms with E-state index in [4.69, 9.17) is 9.47 Å². The van der Waals surface area contributed by atoms with Gasteiger partial charge in [0.25, 0.3) is 0 Å². The van der Waals surface area contributed by atoms with Crippen molar-refractivity contribution < 1.29 is 18.7 Å². The highest BCUT2D eigenvalue weighted by atomic mass is 19.1. The van der Waals surface area contributed by atoms with Gasteiger partial charge in [0.05, 0.1) is 14.2 Å². The van der Waals surface area contributed by atoms with E-state index in [0.717, 1.165) is 43.7 Å². The molecule has 0 spiro atoms. The molecular formula is C24H31FN2O3. The van der Waals surface area contributed by atoms with Crippen molar-refractivity contribution in [2.24, 2.45) is 5.92 Å². The summed E-state index contributed by atoms with van der Waals surface area (Å²) in [6.45, 7) is 2.95. The molecule has 1 N–H and O–H groups in total. The fourth-order valence-electron chi connectivity index (χ4n) is 3.96. The molecule has 162 valence electrons. The first-order valence-corrected chi connectivity index (χ1v) is 10.5. The van der Waals surface area contributed by atoms with Crippen molar-refractivity contribution in [3.05, 3.63) is 59.4 Å². The highest BCUT2D eigenvalue weighted by Crippen LogP contribution is 2.24. The number of carbonyl (C=O) groups is 1. The smallest absolute Gasteiger partial charge is 0.220 e. The Kier molecular flexibility index (Phi) is 8.08. The summed E-state index contributed by atoms with van der Waals surface area (Å²) in [7, 11) is 3.17. The normalized spacial score (nSPS) is 16.8. The Morgan fingerprint density at radius 2 is 1.97 bits per heavy atom. The maximum absolute atomic E-state index is 14.2. The molecule has 1 saturated heterocycles. The van der Waals surface area contributed by atoms with E-state index in [1.807, 2.05) is 24.3 Å². The molecule has 5 nitrogen and oxygen atoms in total. The molecule has 0 unspecified atom stereocenters. The van der Waals surface area contributed by atoms with Crippen molar-refractivity contribution in [3.8, 4) is 11.5 Å². The fourth-order valence-corrected chi connectivity index (χ4v) is 3.96. The Labute approximate surface area is 178 Å². The summed E-state index contributed by atoms with van der Waals surface area (Å²) in [5, 5.41) is 2.99. The van der Waals surface area contributed by atoms with Crippen LogP contribution in [0.1, 0.15) is 36.8 Å². The Morgan fingerprint density at radius 3 is 2.73 bits per heavy atom. The van der Waals surface area contributed by atoms with Crippen LogP contribution in [0.3, 0.4) is 0 Å². The van der Waals surface area contributed by atoms with E-state index in [-0.39, 0.29) is 11.7 Å². The second-order valence-electron chi connectivity index (χ2n) is 7.87. The Bertz CT molecular complexity index is 843. The number of amides is 1. The third kappa shape index (κ3) is 6.46. The minimum atomic E-state index is -0.228. The molecular weight excluding hydrogens is 383 g/mol. The summed E-state index contributed by atoms with van der Waals surface area (Å²) in [4.78, 5) is 14.6. The zero-order valence-corrected chi connectivity index (χ0v) is 17.8. The lowest BCUT2D eigenvalue weighted by atomic mass is 9.93. The maximum atomic E-state index is 14.2. The largest absolute Gasteiger partial charge is 0.497 e. The highest BCUT2D eigenvalue weighted by Gasteiger charge is 2.21. The average Bonchev–Trinajstić information content (AvgIpc) is 2.78.